The van der Waals surface area contributed by atoms with E-state index in [0.29, 0.717) is 18.8 Å². The molecule has 1 amide bonds. The van der Waals surface area contributed by atoms with Gasteiger partial charge in [0.25, 0.3) is 0 Å². The summed E-state index contributed by atoms with van der Waals surface area (Å²) in [4.78, 5) is 14.1. The number of aliphatic hydroxyl groups excluding tert-OH is 1. The summed E-state index contributed by atoms with van der Waals surface area (Å²) in [6.45, 7) is 1.54. The minimum atomic E-state index is -0.313. The summed E-state index contributed by atoms with van der Waals surface area (Å²) in [5.74, 6) is 1.45. The maximum absolute atomic E-state index is 12.4. The normalized spacial score (nSPS) is 10.4. The third kappa shape index (κ3) is 6.64. The van der Waals surface area contributed by atoms with E-state index < -0.39 is 0 Å². The first-order chi connectivity index (χ1) is 11.8. The van der Waals surface area contributed by atoms with Crippen LogP contribution >= 0.6 is 11.8 Å². The van der Waals surface area contributed by atoms with Gasteiger partial charge in [-0.05, 0) is 11.1 Å². The predicted octanol–water partition coefficient (Wildman–Crippen LogP) is 3.55. The smallest absolute Gasteiger partial charge is 0.410 e. The van der Waals surface area contributed by atoms with Crippen LogP contribution in [0.1, 0.15) is 11.1 Å². The Balaban J connectivity index is 1.91. The number of benzene rings is 2. The van der Waals surface area contributed by atoms with Crippen LogP contribution in [0.3, 0.4) is 0 Å². The number of nitrogens with zero attached hydrogens (tertiary/aromatic N) is 1. The number of thioether (sulfide) groups is 1. The molecular formula is C19H23NO3S. The van der Waals surface area contributed by atoms with Gasteiger partial charge in [0.2, 0.25) is 0 Å². The zero-order valence-corrected chi connectivity index (χ0v) is 14.5. The minimum Gasteiger partial charge on any atom is -0.445 e. The van der Waals surface area contributed by atoms with Crippen LogP contribution in [0.5, 0.6) is 0 Å². The highest BCUT2D eigenvalue weighted by molar-refractivity contribution is 7.99. The lowest BCUT2D eigenvalue weighted by Crippen LogP contribution is -2.33. The number of ether oxygens (including phenoxy) is 1. The van der Waals surface area contributed by atoms with Gasteiger partial charge in [0.1, 0.15) is 6.61 Å². The van der Waals surface area contributed by atoms with Crippen molar-refractivity contribution in [1.29, 1.82) is 0 Å². The van der Waals surface area contributed by atoms with Crippen molar-refractivity contribution in [2.24, 2.45) is 0 Å². The third-order valence-corrected chi connectivity index (χ3v) is 4.36. The van der Waals surface area contributed by atoms with Crippen LogP contribution in [-0.4, -0.2) is 40.8 Å². The van der Waals surface area contributed by atoms with Crippen LogP contribution in [0.4, 0.5) is 4.79 Å². The molecule has 128 valence electrons. The molecule has 0 fully saturated rings. The molecule has 0 aliphatic rings. The first kappa shape index (κ1) is 18.4. The Labute approximate surface area is 147 Å². The van der Waals surface area contributed by atoms with Gasteiger partial charge in [-0.25, -0.2) is 4.79 Å². The maximum Gasteiger partial charge on any atom is 0.410 e. The van der Waals surface area contributed by atoms with Crippen molar-refractivity contribution < 1.29 is 14.6 Å². The summed E-state index contributed by atoms with van der Waals surface area (Å²) in [5, 5.41) is 8.86. The van der Waals surface area contributed by atoms with Gasteiger partial charge in [0.15, 0.2) is 0 Å². The average molecular weight is 345 g/mol. The zero-order chi connectivity index (χ0) is 17.0. The van der Waals surface area contributed by atoms with Crippen molar-refractivity contribution in [2.45, 2.75) is 13.2 Å². The van der Waals surface area contributed by atoms with E-state index in [-0.39, 0.29) is 19.3 Å². The fraction of sp³-hybridized carbons (Fsp3) is 0.316. The van der Waals surface area contributed by atoms with Crippen LogP contribution in [0.2, 0.25) is 0 Å². The van der Waals surface area contributed by atoms with E-state index in [1.54, 1.807) is 16.7 Å². The fourth-order valence-corrected chi connectivity index (χ4v) is 2.87. The van der Waals surface area contributed by atoms with E-state index in [4.69, 9.17) is 9.84 Å². The number of carbonyl (C=O) groups excluding carboxylic acids is 1. The molecule has 4 nitrogen and oxygen atoms in total. The van der Waals surface area contributed by atoms with Gasteiger partial charge in [-0.1, -0.05) is 60.7 Å². The van der Waals surface area contributed by atoms with E-state index in [1.165, 1.54) is 0 Å². The molecule has 2 aromatic carbocycles. The quantitative estimate of drug-likeness (QED) is 0.706. The predicted molar refractivity (Wildman–Crippen MR) is 97.9 cm³/mol. The number of carbonyl (C=O) groups is 1. The Morgan fingerprint density at radius 3 is 2.21 bits per heavy atom. The third-order valence-electron chi connectivity index (χ3n) is 3.42. The van der Waals surface area contributed by atoms with E-state index in [2.05, 4.69) is 0 Å². The van der Waals surface area contributed by atoms with Crippen molar-refractivity contribution in [3.8, 4) is 0 Å². The van der Waals surface area contributed by atoms with Gasteiger partial charge in [0, 0.05) is 24.6 Å². The van der Waals surface area contributed by atoms with Crippen molar-refractivity contribution in [1.82, 2.24) is 4.90 Å². The molecule has 0 spiro atoms. The second-order valence-electron chi connectivity index (χ2n) is 5.28. The van der Waals surface area contributed by atoms with Gasteiger partial charge in [-0.15, -0.1) is 0 Å². The Morgan fingerprint density at radius 2 is 1.58 bits per heavy atom. The average Bonchev–Trinajstić information content (AvgIpc) is 2.64. The largest absolute Gasteiger partial charge is 0.445 e. The number of rotatable bonds is 9. The lowest BCUT2D eigenvalue weighted by molar-refractivity contribution is 0.0960. The van der Waals surface area contributed by atoms with Gasteiger partial charge in [-0.3, -0.25) is 0 Å². The van der Waals surface area contributed by atoms with E-state index in [1.807, 2.05) is 60.7 Å². The lowest BCUT2D eigenvalue weighted by Gasteiger charge is -2.22. The van der Waals surface area contributed by atoms with Gasteiger partial charge in [-0.2, -0.15) is 11.8 Å². The summed E-state index contributed by atoms with van der Waals surface area (Å²) in [6, 6.07) is 19.5. The van der Waals surface area contributed by atoms with Crippen molar-refractivity contribution >= 4 is 17.9 Å². The Kier molecular flexibility index (Phi) is 8.21. The molecular weight excluding hydrogens is 322 g/mol. The van der Waals surface area contributed by atoms with E-state index in [0.717, 1.165) is 16.9 Å². The highest BCUT2D eigenvalue weighted by Gasteiger charge is 2.15. The van der Waals surface area contributed by atoms with Crippen molar-refractivity contribution in [3.05, 3.63) is 71.8 Å². The van der Waals surface area contributed by atoms with Crippen LogP contribution in [0.25, 0.3) is 0 Å². The van der Waals surface area contributed by atoms with Crippen LogP contribution in [0, 0.1) is 0 Å². The molecule has 0 unspecified atom stereocenters. The molecule has 5 heteroatoms. The summed E-state index contributed by atoms with van der Waals surface area (Å²) >= 11 is 1.62. The Morgan fingerprint density at radius 1 is 0.958 bits per heavy atom. The molecule has 2 aromatic rings. The molecule has 0 aliphatic heterocycles. The summed E-state index contributed by atoms with van der Waals surface area (Å²) in [5.41, 5.74) is 2.04. The Hall–Kier alpha value is -1.98. The monoisotopic (exact) mass is 345 g/mol. The summed E-state index contributed by atoms with van der Waals surface area (Å²) in [6.07, 6.45) is -0.313. The molecule has 0 aliphatic carbocycles. The summed E-state index contributed by atoms with van der Waals surface area (Å²) < 4.78 is 5.45. The second kappa shape index (κ2) is 10.7. The van der Waals surface area contributed by atoms with E-state index >= 15 is 0 Å². The first-order valence-electron chi connectivity index (χ1n) is 7.98. The van der Waals surface area contributed by atoms with Crippen molar-refractivity contribution in [2.75, 3.05) is 24.7 Å². The highest BCUT2D eigenvalue weighted by atomic mass is 32.2. The van der Waals surface area contributed by atoms with Gasteiger partial charge >= 0.3 is 6.09 Å². The number of hydrogen-bond acceptors (Lipinski definition) is 4. The topological polar surface area (TPSA) is 49.8 Å². The SMILES string of the molecule is O=C(OCc1ccccc1)N(CCSCCO)Cc1ccccc1. The number of hydrogen-bond donors (Lipinski definition) is 1. The second-order valence-corrected chi connectivity index (χ2v) is 6.51. The maximum atomic E-state index is 12.4. The van der Waals surface area contributed by atoms with Crippen molar-refractivity contribution in [3.63, 3.8) is 0 Å². The molecule has 0 radical (unpaired) electrons. The molecule has 0 atom stereocenters. The minimum absolute atomic E-state index is 0.155. The fourth-order valence-electron chi connectivity index (χ4n) is 2.19. The molecule has 2 rings (SSSR count). The molecule has 0 heterocycles. The molecule has 0 aromatic heterocycles. The molecule has 0 bridgehead atoms. The molecule has 1 N–H and O–H groups in total. The standard InChI is InChI=1S/C19H23NO3S/c21-12-14-24-13-11-20(15-17-7-3-1-4-8-17)19(22)23-16-18-9-5-2-6-10-18/h1-10,21H,11-16H2. The van der Waals surface area contributed by atoms with Crippen LogP contribution in [0.15, 0.2) is 60.7 Å². The molecule has 0 saturated heterocycles. The van der Waals surface area contributed by atoms with Gasteiger partial charge < -0.3 is 14.7 Å². The number of aliphatic hydroxyl groups is 1. The van der Waals surface area contributed by atoms with Crippen LogP contribution < -0.4 is 0 Å². The Bertz CT molecular complexity index is 592. The molecule has 24 heavy (non-hydrogen) atoms. The number of amides is 1. The van der Waals surface area contributed by atoms with Gasteiger partial charge in [0.05, 0.1) is 6.61 Å². The lowest BCUT2D eigenvalue weighted by atomic mass is 10.2. The highest BCUT2D eigenvalue weighted by Crippen LogP contribution is 2.10. The molecule has 0 saturated carbocycles. The zero-order valence-electron chi connectivity index (χ0n) is 13.6. The summed E-state index contributed by atoms with van der Waals surface area (Å²) in [7, 11) is 0. The first-order valence-corrected chi connectivity index (χ1v) is 9.13. The van der Waals surface area contributed by atoms with Crippen LogP contribution in [-0.2, 0) is 17.9 Å². The van der Waals surface area contributed by atoms with E-state index in [9.17, 15) is 4.79 Å².